The van der Waals surface area contributed by atoms with Gasteiger partial charge in [0.15, 0.2) is 0 Å². The maximum absolute atomic E-state index is 13.1. The van der Waals surface area contributed by atoms with Gasteiger partial charge >= 0.3 is 0 Å². The van der Waals surface area contributed by atoms with E-state index in [9.17, 15) is 4.39 Å². The third-order valence-corrected chi connectivity index (χ3v) is 3.32. The van der Waals surface area contributed by atoms with Gasteiger partial charge in [-0.05, 0) is 57.1 Å². The maximum Gasteiger partial charge on any atom is 0.123 e. The molecule has 0 aromatic heterocycles. The van der Waals surface area contributed by atoms with Gasteiger partial charge in [-0.1, -0.05) is 0 Å². The number of rotatable bonds is 4. The zero-order valence-electron chi connectivity index (χ0n) is 9.96. The molecule has 3 heteroatoms. The summed E-state index contributed by atoms with van der Waals surface area (Å²) in [6.45, 7) is 4.16. The van der Waals surface area contributed by atoms with Gasteiger partial charge in [0.2, 0.25) is 0 Å². The Bertz CT molecular complexity index is 365. The zero-order chi connectivity index (χ0) is 11.5. The lowest BCUT2D eigenvalue weighted by molar-refractivity contribution is 0.565. The van der Waals surface area contributed by atoms with Gasteiger partial charge in [0.05, 0.1) is 0 Å². The van der Waals surface area contributed by atoms with E-state index in [0.717, 1.165) is 31.5 Å². The number of halogens is 1. The molecule has 1 unspecified atom stereocenters. The quantitative estimate of drug-likeness (QED) is 0.840. The number of hydrogen-bond acceptors (Lipinski definition) is 2. The molecular weight excluding hydrogens is 203 g/mol. The second-order valence-electron chi connectivity index (χ2n) is 4.31. The second-order valence-corrected chi connectivity index (χ2v) is 4.31. The maximum atomic E-state index is 13.1. The highest BCUT2D eigenvalue weighted by molar-refractivity contribution is 5.59. The molecule has 0 fully saturated rings. The van der Waals surface area contributed by atoms with Crippen LogP contribution in [0.3, 0.4) is 0 Å². The fourth-order valence-electron chi connectivity index (χ4n) is 2.56. The van der Waals surface area contributed by atoms with Crippen molar-refractivity contribution >= 4 is 5.69 Å². The Hall–Kier alpha value is -1.09. The van der Waals surface area contributed by atoms with Crippen molar-refractivity contribution in [2.45, 2.75) is 25.8 Å². The fraction of sp³-hybridized carbons (Fsp3) is 0.538. The molecule has 2 rings (SSSR count). The molecule has 0 aliphatic carbocycles. The van der Waals surface area contributed by atoms with Gasteiger partial charge in [0.1, 0.15) is 5.82 Å². The first-order valence-electron chi connectivity index (χ1n) is 5.96. The number of hydrogen-bond donors (Lipinski definition) is 1. The van der Waals surface area contributed by atoms with Crippen LogP contribution in [-0.4, -0.2) is 26.2 Å². The topological polar surface area (TPSA) is 15.3 Å². The van der Waals surface area contributed by atoms with Gasteiger partial charge < -0.3 is 10.2 Å². The first-order chi connectivity index (χ1) is 7.76. The minimum Gasteiger partial charge on any atom is -0.368 e. The predicted octanol–water partition coefficient (Wildman–Crippen LogP) is 2.19. The highest BCUT2D eigenvalue weighted by Gasteiger charge is 2.27. The monoisotopic (exact) mass is 222 g/mol. The second kappa shape index (κ2) is 4.83. The summed E-state index contributed by atoms with van der Waals surface area (Å²) in [7, 11) is 1.97. The van der Waals surface area contributed by atoms with Crippen molar-refractivity contribution in [1.29, 1.82) is 0 Å². The predicted molar refractivity (Wildman–Crippen MR) is 65.5 cm³/mol. The van der Waals surface area contributed by atoms with Crippen LogP contribution in [-0.2, 0) is 6.42 Å². The van der Waals surface area contributed by atoms with Crippen LogP contribution in [0.4, 0.5) is 10.1 Å². The van der Waals surface area contributed by atoms with E-state index in [1.165, 1.54) is 5.69 Å². The SMILES string of the molecule is CCN1c2ccc(F)cc2CC1CCNC. The standard InChI is InChI=1S/C13H19FN2/c1-3-16-12(6-7-15-2)9-10-8-11(14)4-5-13(10)16/h4-5,8,12,15H,3,6-7,9H2,1-2H3. The van der Waals surface area contributed by atoms with Crippen LogP contribution in [0.25, 0.3) is 0 Å². The average molecular weight is 222 g/mol. The summed E-state index contributed by atoms with van der Waals surface area (Å²) >= 11 is 0. The van der Waals surface area contributed by atoms with E-state index >= 15 is 0 Å². The fourth-order valence-corrected chi connectivity index (χ4v) is 2.56. The normalized spacial score (nSPS) is 18.9. The molecule has 0 spiro atoms. The number of anilines is 1. The van der Waals surface area contributed by atoms with Crippen LogP contribution in [0.1, 0.15) is 18.9 Å². The van der Waals surface area contributed by atoms with E-state index in [4.69, 9.17) is 0 Å². The molecule has 2 nitrogen and oxygen atoms in total. The summed E-state index contributed by atoms with van der Waals surface area (Å²) in [6, 6.07) is 5.67. The molecule has 1 aromatic carbocycles. The summed E-state index contributed by atoms with van der Waals surface area (Å²) in [6.07, 6.45) is 2.09. The number of fused-ring (bicyclic) bond motifs is 1. The Morgan fingerprint density at radius 1 is 1.50 bits per heavy atom. The van der Waals surface area contributed by atoms with Gasteiger partial charge in [-0.3, -0.25) is 0 Å². The summed E-state index contributed by atoms with van der Waals surface area (Å²) in [5.74, 6) is -0.121. The zero-order valence-corrected chi connectivity index (χ0v) is 9.96. The Morgan fingerprint density at radius 2 is 2.31 bits per heavy atom. The average Bonchev–Trinajstić information content (AvgIpc) is 2.62. The van der Waals surface area contributed by atoms with Crippen molar-refractivity contribution in [3.05, 3.63) is 29.6 Å². The number of likely N-dealkylation sites (N-methyl/N-ethyl adjacent to an activating group) is 1. The summed E-state index contributed by atoms with van der Waals surface area (Å²) in [5, 5.41) is 3.18. The van der Waals surface area contributed by atoms with Crippen LogP contribution in [0.15, 0.2) is 18.2 Å². The molecule has 1 N–H and O–H groups in total. The third-order valence-electron chi connectivity index (χ3n) is 3.32. The van der Waals surface area contributed by atoms with E-state index in [1.807, 2.05) is 13.1 Å². The minimum absolute atomic E-state index is 0.121. The van der Waals surface area contributed by atoms with Crippen molar-refractivity contribution in [2.24, 2.45) is 0 Å². The molecule has 1 aromatic rings. The molecule has 1 atom stereocenters. The molecule has 88 valence electrons. The van der Waals surface area contributed by atoms with Gasteiger partial charge in [-0.2, -0.15) is 0 Å². The Morgan fingerprint density at radius 3 is 3.00 bits per heavy atom. The molecule has 0 bridgehead atoms. The van der Waals surface area contributed by atoms with Crippen LogP contribution in [0.2, 0.25) is 0 Å². The lowest BCUT2D eigenvalue weighted by Crippen LogP contribution is -2.33. The van der Waals surface area contributed by atoms with E-state index in [0.29, 0.717) is 6.04 Å². The van der Waals surface area contributed by atoms with Crippen molar-refractivity contribution < 1.29 is 4.39 Å². The van der Waals surface area contributed by atoms with E-state index in [-0.39, 0.29) is 5.82 Å². The third kappa shape index (κ3) is 2.05. The highest BCUT2D eigenvalue weighted by Crippen LogP contribution is 2.33. The Labute approximate surface area is 96.5 Å². The summed E-state index contributed by atoms with van der Waals surface area (Å²) in [4.78, 5) is 2.38. The van der Waals surface area contributed by atoms with Crippen LogP contribution in [0, 0.1) is 5.82 Å². The lowest BCUT2D eigenvalue weighted by atomic mass is 10.1. The van der Waals surface area contributed by atoms with Crippen LogP contribution in [0.5, 0.6) is 0 Å². The first kappa shape index (κ1) is 11.4. The van der Waals surface area contributed by atoms with Gasteiger partial charge in [0.25, 0.3) is 0 Å². The van der Waals surface area contributed by atoms with Crippen molar-refractivity contribution in [3.8, 4) is 0 Å². The smallest absolute Gasteiger partial charge is 0.123 e. The van der Waals surface area contributed by atoms with E-state index < -0.39 is 0 Å². The Balaban J connectivity index is 2.18. The molecule has 0 saturated heterocycles. The highest BCUT2D eigenvalue weighted by atomic mass is 19.1. The van der Waals surface area contributed by atoms with Gasteiger partial charge in [-0.25, -0.2) is 4.39 Å². The van der Waals surface area contributed by atoms with E-state index in [2.05, 4.69) is 17.1 Å². The molecule has 0 radical (unpaired) electrons. The Kier molecular flexibility index (Phi) is 3.44. The molecule has 1 aliphatic rings. The minimum atomic E-state index is -0.121. The van der Waals surface area contributed by atoms with Crippen molar-refractivity contribution in [2.75, 3.05) is 25.0 Å². The van der Waals surface area contributed by atoms with Crippen LogP contribution < -0.4 is 10.2 Å². The first-order valence-corrected chi connectivity index (χ1v) is 5.96. The molecule has 1 heterocycles. The van der Waals surface area contributed by atoms with Crippen LogP contribution >= 0.6 is 0 Å². The molecular formula is C13H19FN2. The number of benzene rings is 1. The molecule has 1 aliphatic heterocycles. The van der Waals surface area contributed by atoms with Crippen molar-refractivity contribution in [3.63, 3.8) is 0 Å². The van der Waals surface area contributed by atoms with Gasteiger partial charge in [0, 0.05) is 18.3 Å². The lowest BCUT2D eigenvalue weighted by Gasteiger charge is -2.26. The number of nitrogens with zero attached hydrogens (tertiary/aromatic N) is 1. The van der Waals surface area contributed by atoms with E-state index in [1.54, 1.807) is 12.1 Å². The molecule has 0 amide bonds. The number of nitrogens with one attached hydrogen (secondary N) is 1. The molecule has 16 heavy (non-hydrogen) atoms. The van der Waals surface area contributed by atoms with Gasteiger partial charge in [-0.15, -0.1) is 0 Å². The summed E-state index contributed by atoms with van der Waals surface area (Å²) < 4.78 is 13.1. The molecule has 0 saturated carbocycles. The van der Waals surface area contributed by atoms with Crippen molar-refractivity contribution in [1.82, 2.24) is 5.32 Å². The largest absolute Gasteiger partial charge is 0.368 e. The summed E-state index contributed by atoms with van der Waals surface area (Å²) in [5.41, 5.74) is 2.37.